The molecule has 2 aromatic carbocycles. The zero-order valence-corrected chi connectivity index (χ0v) is 12.2. The van der Waals surface area contributed by atoms with E-state index in [0.717, 1.165) is 11.6 Å². The highest BCUT2D eigenvalue weighted by molar-refractivity contribution is 6.05. The van der Waals surface area contributed by atoms with Crippen molar-refractivity contribution in [3.05, 3.63) is 53.1 Å². The van der Waals surface area contributed by atoms with Gasteiger partial charge in [-0.3, -0.25) is 9.59 Å². The van der Waals surface area contributed by atoms with Gasteiger partial charge in [0.2, 0.25) is 6.41 Å². The molecular weight excluding hydrogens is 300 g/mol. The molecule has 7 nitrogen and oxygen atoms in total. The minimum Gasteiger partial charge on any atom is -0.507 e. The second kappa shape index (κ2) is 6.61. The van der Waals surface area contributed by atoms with Gasteiger partial charge in [-0.2, -0.15) is 0 Å². The fraction of sp³-hybridized carbons (Fsp3) is 0.0625. The highest BCUT2D eigenvalue weighted by atomic mass is 16.4. The standard InChI is InChI=1S/C16H14N2O5/c1-9-2-3-10(6-13(9)17-8-19)15(21)18-11-4-5-14(20)12(7-11)16(22)23/h2-8,20H,1H3,(H,17,19)(H,18,21)(H,22,23). The number of anilines is 2. The van der Waals surface area contributed by atoms with E-state index in [4.69, 9.17) is 5.11 Å². The monoisotopic (exact) mass is 314 g/mol. The molecule has 0 aromatic heterocycles. The Morgan fingerprint density at radius 1 is 1.13 bits per heavy atom. The molecule has 0 saturated carbocycles. The molecule has 0 aliphatic rings. The van der Waals surface area contributed by atoms with E-state index >= 15 is 0 Å². The Balaban J connectivity index is 2.25. The van der Waals surface area contributed by atoms with Gasteiger partial charge in [0.25, 0.3) is 5.91 Å². The summed E-state index contributed by atoms with van der Waals surface area (Å²) in [4.78, 5) is 33.7. The van der Waals surface area contributed by atoms with E-state index in [1.165, 1.54) is 18.2 Å². The number of carboxylic acids is 1. The summed E-state index contributed by atoms with van der Waals surface area (Å²) in [7, 11) is 0. The molecule has 118 valence electrons. The van der Waals surface area contributed by atoms with Crippen molar-refractivity contribution in [2.24, 2.45) is 0 Å². The van der Waals surface area contributed by atoms with Crippen LogP contribution in [0, 0.1) is 6.92 Å². The van der Waals surface area contributed by atoms with Crippen molar-refractivity contribution in [2.45, 2.75) is 6.92 Å². The van der Waals surface area contributed by atoms with Crippen LogP contribution in [0.4, 0.5) is 11.4 Å². The van der Waals surface area contributed by atoms with Crippen molar-refractivity contribution in [1.82, 2.24) is 0 Å². The SMILES string of the molecule is Cc1ccc(C(=O)Nc2ccc(O)c(C(=O)O)c2)cc1NC=O. The van der Waals surface area contributed by atoms with E-state index in [1.54, 1.807) is 19.1 Å². The summed E-state index contributed by atoms with van der Waals surface area (Å²) < 4.78 is 0. The van der Waals surface area contributed by atoms with Crippen molar-refractivity contribution < 1.29 is 24.6 Å². The third kappa shape index (κ3) is 3.65. The van der Waals surface area contributed by atoms with Gasteiger partial charge in [-0.25, -0.2) is 4.79 Å². The molecule has 0 radical (unpaired) electrons. The van der Waals surface area contributed by atoms with Crippen LogP contribution < -0.4 is 10.6 Å². The quantitative estimate of drug-likeness (QED) is 0.499. The lowest BCUT2D eigenvalue weighted by molar-refractivity contribution is -0.105. The first-order valence-electron chi connectivity index (χ1n) is 6.61. The summed E-state index contributed by atoms with van der Waals surface area (Å²) in [6.45, 7) is 1.78. The number of aryl methyl sites for hydroxylation is 1. The molecule has 0 aliphatic heterocycles. The molecule has 2 amide bonds. The first-order valence-corrected chi connectivity index (χ1v) is 6.61. The minimum absolute atomic E-state index is 0.232. The Labute approximate surface area is 131 Å². The molecule has 2 aromatic rings. The number of carbonyl (C=O) groups is 3. The van der Waals surface area contributed by atoms with E-state index in [9.17, 15) is 19.5 Å². The van der Waals surface area contributed by atoms with Crippen LogP contribution >= 0.6 is 0 Å². The number of benzene rings is 2. The molecule has 0 aliphatic carbocycles. The molecule has 0 spiro atoms. The zero-order valence-electron chi connectivity index (χ0n) is 12.2. The predicted molar refractivity (Wildman–Crippen MR) is 83.9 cm³/mol. The number of amides is 2. The third-order valence-electron chi connectivity index (χ3n) is 3.20. The van der Waals surface area contributed by atoms with Crippen molar-refractivity contribution in [2.75, 3.05) is 10.6 Å². The molecule has 2 rings (SSSR count). The predicted octanol–water partition coefficient (Wildman–Crippen LogP) is 2.22. The first-order chi connectivity index (χ1) is 10.9. The van der Waals surface area contributed by atoms with E-state index in [0.29, 0.717) is 17.7 Å². The molecular formula is C16H14N2O5. The van der Waals surface area contributed by atoms with Gasteiger partial charge < -0.3 is 20.8 Å². The van der Waals surface area contributed by atoms with Crippen LogP contribution in [0.15, 0.2) is 36.4 Å². The number of aromatic carboxylic acids is 1. The summed E-state index contributed by atoms with van der Waals surface area (Å²) in [5.74, 6) is -2.16. The Morgan fingerprint density at radius 3 is 2.52 bits per heavy atom. The maximum Gasteiger partial charge on any atom is 0.339 e. The molecule has 0 unspecified atom stereocenters. The average molecular weight is 314 g/mol. The molecule has 0 fully saturated rings. The lowest BCUT2D eigenvalue weighted by Crippen LogP contribution is -2.13. The molecule has 0 saturated heterocycles. The molecule has 0 atom stereocenters. The van der Waals surface area contributed by atoms with Crippen LogP contribution in [-0.2, 0) is 4.79 Å². The summed E-state index contributed by atoms with van der Waals surface area (Å²) in [6, 6.07) is 8.51. The second-order valence-corrected chi connectivity index (χ2v) is 4.78. The molecule has 4 N–H and O–H groups in total. The van der Waals surface area contributed by atoms with Crippen LogP contribution in [0.5, 0.6) is 5.75 Å². The number of carboxylic acid groups (broad SMARTS) is 1. The van der Waals surface area contributed by atoms with E-state index in [2.05, 4.69) is 10.6 Å². The number of carbonyl (C=O) groups excluding carboxylic acids is 2. The van der Waals surface area contributed by atoms with Gasteiger partial charge in [0.1, 0.15) is 11.3 Å². The van der Waals surface area contributed by atoms with Crippen LogP contribution in [-0.4, -0.2) is 28.5 Å². The van der Waals surface area contributed by atoms with Crippen LogP contribution in [0.2, 0.25) is 0 Å². The van der Waals surface area contributed by atoms with Gasteiger partial charge in [0, 0.05) is 16.9 Å². The van der Waals surface area contributed by atoms with E-state index in [-0.39, 0.29) is 17.0 Å². The normalized spacial score (nSPS) is 9.96. The third-order valence-corrected chi connectivity index (χ3v) is 3.20. The van der Waals surface area contributed by atoms with Gasteiger partial charge in [-0.1, -0.05) is 6.07 Å². The van der Waals surface area contributed by atoms with Crippen molar-refractivity contribution in [3.63, 3.8) is 0 Å². The fourth-order valence-electron chi connectivity index (χ4n) is 1.97. The van der Waals surface area contributed by atoms with Crippen molar-refractivity contribution in [1.29, 1.82) is 0 Å². The van der Waals surface area contributed by atoms with E-state index < -0.39 is 11.9 Å². The second-order valence-electron chi connectivity index (χ2n) is 4.78. The average Bonchev–Trinajstić information content (AvgIpc) is 2.51. The number of hydrogen-bond donors (Lipinski definition) is 4. The highest BCUT2D eigenvalue weighted by Crippen LogP contribution is 2.22. The number of hydrogen-bond acceptors (Lipinski definition) is 4. The lowest BCUT2D eigenvalue weighted by Gasteiger charge is -2.09. The summed E-state index contributed by atoms with van der Waals surface area (Å²) in [6.07, 6.45) is 0.517. The molecule has 0 bridgehead atoms. The lowest BCUT2D eigenvalue weighted by atomic mass is 10.1. The maximum absolute atomic E-state index is 12.2. The minimum atomic E-state index is -1.30. The van der Waals surface area contributed by atoms with Gasteiger partial charge in [-0.15, -0.1) is 0 Å². The highest BCUT2D eigenvalue weighted by Gasteiger charge is 2.13. The summed E-state index contributed by atoms with van der Waals surface area (Å²) >= 11 is 0. The van der Waals surface area contributed by atoms with Gasteiger partial charge in [0.05, 0.1) is 0 Å². The molecule has 0 heterocycles. The Morgan fingerprint density at radius 2 is 1.87 bits per heavy atom. The topological polar surface area (TPSA) is 116 Å². The zero-order chi connectivity index (χ0) is 17.0. The van der Waals surface area contributed by atoms with Gasteiger partial charge in [0.15, 0.2) is 0 Å². The number of rotatable bonds is 5. The summed E-state index contributed by atoms with van der Waals surface area (Å²) in [5, 5.41) is 23.4. The Kier molecular flexibility index (Phi) is 4.61. The Bertz CT molecular complexity index is 786. The van der Waals surface area contributed by atoms with Gasteiger partial charge >= 0.3 is 5.97 Å². The van der Waals surface area contributed by atoms with Crippen molar-refractivity contribution in [3.8, 4) is 5.75 Å². The maximum atomic E-state index is 12.2. The summed E-state index contributed by atoms with van der Waals surface area (Å²) in [5.41, 5.74) is 1.52. The molecule has 7 heteroatoms. The first kappa shape index (κ1) is 16.0. The van der Waals surface area contributed by atoms with Crippen molar-refractivity contribution >= 4 is 29.7 Å². The van der Waals surface area contributed by atoms with Crippen LogP contribution in [0.1, 0.15) is 26.3 Å². The fourth-order valence-corrected chi connectivity index (χ4v) is 1.97. The van der Waals surface area contributed by atoms with Crippen LogP contribution in [0.3, 0.4) is 0 Å². The largest absolute Gasteiger partial charge is 0.507 e. The number of phenols is 1. The number of aromatic hydroxyl groups is 1. The van der Waals surface area contributed by atoms with Crippen LogP contribution in [0.25, 0.3) is 0 Å². The van der Waals surface area contributed by atoms with Gasteiger partial charge in [-0.05, 0) is 42.8 Å². The number of nitrogens with one attached hydrogen (secondary N) is 2. The van der Waals surface area contributed by atoms with E-state index in [1.807, 2.05) is 0 Å². The Hall–Kier alpha value is -3.35. The smallest absolute Gasteiger partial charge is 0.339 e. The molecule has 23 heavy (non-hydrogen) atoms.